The van der Waals surface area contributed by atoms with Crippen molar-refractivity contribution < 1.29 is 22.7 Å². The van der Waals surface area contributed by atoms with Crippen molar-refractivity contribution in [2.75, 3.05) is 46.4 Å². The number of methoxy groups -OCH3 is 1. The maximum Gasteiger partial charge on any atom is 0.321 e. The quantitative estimate of drug-likeness (QED) is 0.676. The number of likely N-dealkylation sites (tertiary alicyclic amines) is 1. The molecule has 1 saturated heterocycles. The number of carbonyl (C=O) groups excluding carboxylic acids is 1. The fourth-order valence-electron chi connectivity index (χ4n) is 4.00. The molecule has 1 spiro atoms. The molecule has 1 fully saturated rings. The third-order valence-electron chi connectivity index (χ3n) is 5.99. The maximum atomic E-state index is 13.3. The molecule has 0 radical (unpaired) electrons. The van der Waals surface area contributed by atoms with Crippen LogP contribution in [-0.2, 0) is 19.6 Å². The second kappa shape index (κ2) is 9.02. The monoisotopic (exact) mass is 424 g/mol. The molecule has 0 amide bonds. The summed E-state index contributed by atoms with van der Waals surface area (Å²) >= 11 is 0. The van der Waals surface area contributed by atoms with Crippen LogP contribution in [0.5, 0.6) is 5.75 Å². The van der Waals surface area contributed by atoms with Gasteiger partial charge in [0.15, 0.2) is 0 Å². The number of ether oxygens (including phenoxy) is 2. The average Bonchev–Trinajstić information content (AvgIpc) is 2.70. The molecular weight excluding hydrogens is 392 g/mol. The summed E-state index contributed by atoms with van der Waals surface area (Å²) in [5.74, 6) is 0.452. The largest absolute Gasteiger partial charge is 0.492 e. The Kier molecular flexibility index (Phi) is 6.86. The molecule has 29 heavy (non-hydrogen) atoms. The molecule has 0 aliphatic carbocycles. The van der Waals surface area contributed by atoms with E-state index < -0.39 is 16.0 Å². The molecule has 7 nitrogen and oxygen atoms in total. The maximum absolute atomic E-state index is 13.3. The highest BCUT2D eigenvalue weighted by Gasteiger charge is 2.43. The van der Waals surface area contributed by atoms with Crippen LogP contribution in [-0.4, -0.2) is 70.0 Å². The van der Waals surface area contributed by atoms with Gasteiger partial charge in [-0.05, 0) is 56.9 Å². The van der Waals surface area contributed by atoms with Crippen LogP contribution in [0.15, 0.2) is 29.2 Å². The number of fused-ring (bicyclic) bond motifs is 1. The number of carbonyl (C=O) groups is 1. The highest BCUT2D eigenvalue weighted by atomic mass is 32.2. The number of hydrogen-bond acceptors (Lipinski definition) is 6. The van der Waals surface area contributed by atoms with Crippen LogP contribution in [0.2, 0.25) is 0 Å². The van der Waals surface area contributed by atoms with Crippen molar-refractivity contribution in [3.8, 4) is 5.75 Å². The van der Waals surface area contributed by atoms with E-state index in [-0.39, 0.29) is 23.4 Å². The lowest BCUT2D eigenvalue weighted by Gasteiger charge is -2.44. The van der Waals surface area contributed by atoms with Gasteiger partial charge in [-0.25, -0.2) is 8.42 Å². The molecule has 0 saturated carbocycles. The van der Waals surface area contributed by atoms with E-state index in [0.29, 0.717) is 18.3 Å². The molecule has 2 aliphatic heterocycles. The molecule has 0 bridgehead atoms. The van der Waals surface area contributed by atoms with Crippen molar-refractivity contribution in [2.24, 2.45) is 11.3 Å². The first-order valence-corrected chi connectivity index (χ1v) is 11.7. The first-order valence-electron chi connectivity index (χ1n) is 10.3. The topological polar surface area (TPSA) is 76.2 Å². The molecule has 2 aliphatic rings. The van der Waals surface area contributed by atoms with Gasteiger partial charge in [-0.1, -0.05) is 26.0 Å². The van der Waals surface area contributed by atoms with E-state index in [4.69, 9.17) is 9.47 Å². The third kappa shape index (κ3) is 5.10. The Hall–Kier alpha value is -1.64. The number of benzene rings is 1. The zero-order valence-corrected chi connectivity index (χ0v) is 18.4. The number of piperidine rings is 1. The molecular formula is C21H32N2O5S. The van der Waals surface area contributed by atoms with Gasteiger partial charge < -0.3 is 14.4 Å². The second-order valence-electron chi connectivity index (χ2n) is 8.61. The molecule has 0 atom stereocenters. The molecule has 2 heterocycles. The Balaban J connectivity index is 1.85. The molecule has 162 valence electrons. The van der Waals surface area contributed by atoms with Crippen LogP contribution in [0, 0.1) is 11.3 Å². The summed E-state index contributed by atoms with van der Waals surface area (Å²) in [6.07, 6.45) is 2.82. The number of hydrogen-bond donors (Lipinski definition) is 0. The van der Waals surface area contributed by atoms with Gasteiger partial charge in [-0.2, -0.15) is 4.31 Å². The van der Waals surface area contributed by atoms with Crippen molar-refractivity contribution in [1.82, 2.24) is 9.21 Å². The standard InChI is InChI=1S/C21H32N2O5S/c1-17(2)8-11-22-12-9-21(10-13-22)15-23(14-20(24)27-3)29(25,26)19-7-5-4-6-18(19)28-16-21/h4-7,17H,8-16H2,1-3H3. The fourth-order valence-corrected chi connectivity index (χ4v) is 5.63. The zero-order valence-electron chi connectivity index (χ0n) is 17.6. The normalized spacial score (nSPS) is 21.8. The predicted octanol–water partition coefficient (Wildman–Crippen LogP) is 2.37. The van der Waals surface area contributed by atoms with Gasteiger partial charge >= 0.3 is 5.97 Å². The minimum atomic E-state index is -3.86. The van der Waals surface area contributed by atoms with Gasteiger partial charge in [0.05, 0.1) is 13.7 Å². The summed E-state index contributed by atoms with van der Waals surface area (Å²) in [5.41, 5.74) is -0.317. The van der Waals surface area contributed by atoms with Crippen LogP contribution in [0.4, 0.5) is 0 Å². The predicted molar refractivity (Wildman–Crippen MR) is 110 cm³/mol. The van der Waals surface area contributed by atoms with E-state index in [1.54, 1.807) is 18.2 Å². The summed E-state index contributed by atoms with van der Waals surface area (Å²) in [6.45, 7) is 7.73. The molecule has 8 heteroatoms. The van der Waals surface area contributed by atoms with Gasteiger partial charge in [-0.3, -0.25) is 4.79 Å². The Morgan fingerprint density at radius 1 is 1.24 bits per heavy atom. The highest BCUT2D eigenvalue weighted by Crippen LogP contribution is 2.39. The van der Waals surface area contributed by atoms with Crippen LogP contribution in [0.25, 0.3) is 0 Å². The average molecular weight is 425 g/mol. The Labute approximate surface area is 174 Å². The van der Waals surface area contributed by atoms with Crippen LogP contribution >= 0.6 is 0 Å². The van der Waals surface area contributed by atoms with Crippen LogP contribution in [0.3, 0.4) is 0 Å². The highest BCUT2D eigenvalue weighted by molar-refractivity contribution is 7.89. The van der Waals surface area contributed by atoms with Crippen molar-refractivity contribution in [3.63, 3.8) is 0 Å². The van der Waals surface area contributed by atoms with Crippen molar-refractivity contribution in [3.05, 3.63) is 24.3 Å². The van der Waals surface area contributed by atoms with E-state index in [0.717, 1.165) is 38.9 Å². The minimum absolute atomic E-state index is 0.105. The van der Waals surface area contributed by atoms with Gasteiger partial charge in [-0.15, -0.1) is 0 Å². The molecule has 3 rings (SSSR count). The first-order chi connectivity index (χ1) is 13.8. The molecule has 0 aromatic heterocycles. The number of nitrogens with zero attached hydrogens (tertiary/aromatic N) is 2. The molecule has 1 aromatic carbocycles. The summed E-state index contributed by atoms with van der Waals surface area (Å²) in [4.78, 5) is 14.5. The Bertz CT molecular complexity index is 816. The van der Waals surface area contributed by atoms with Crippen molar-refractivity contribution in [2.45, 2.75) is 38.0 Å². The number of sulfonamides is 1. The summed E-state index contributed by atoms with van der Waals surface area (Å²) in [7, 11) is -2.59. The lowest BCUT2D eigenvalue weighted by Crippen LogP contribution is -2.52. The summed E-state index contributed by atoms with van der Waals surface area (Å²) in [6, 6.07) is 6.64. The molecule has 0 unspecified atom stereocenters. The lowest BCUT2D eigenvalue weighted by molar-refractivity contribution is -0.141. The van der Waals surface area contributed by atoms with Gasteiger partial charge in [0.1, 0.15) is 17.2 Å². The van der Waals surface area contributed by atoms with Gasteiger partial charge in [0, 0.05) is 12.0 Å². The SMILES string of the molecule is COC(=O)CN1CC2(CCN(CCC(C)C)CC2)COc2ccccc2S1(=O)=O. The zero-order chi connectivity index (χ0) is 21.1. The number of para-hydroxylation sites is 1. The first kappa shape index (κ1) is 22.1. The smallest absolute Gasteiger partial charge is 0.321 e. The molecule has 1 aromatic rings. The third-order valence-corrected chi connectivity index (χ3v) is 7.82. The van der Waals surface area contributed by atoms with E-state index in [2.05, 4.69) is 18.7 Å². The minimum Gasteiger partial charge on any atom is -0.492 e. The second-order valence-corrected chi connectivity index (χ2v) is 10.5. The van der Waals surface area contributed by atoms with Gasteiger partial charge in [0.2, 0.25) is 10.0 Å². The Morgan fingerprint density at radius 3 is 2.59 bits per heavy atom. The fraction of sp³-hybridized carbons (Fsp3) is 0.667. The lowest BCUT2D eigenvalue weighted by atomic mass is 9.78. The molecule has 0 N–H and O–H groups in total. The Morgan fingerprint density at radius 2 is 1.93 bits per heavy atom. The van der Waals surface area contributed by atoms with E-state index in [1.807, 2.05) is 0 Å². The van der Waals surface area contributed by atoms with Crippen molar-refractivity contribution >= 4 is 16.0 Å². The summed E-state index contributed by atoms with van der Waals surface area (Å²) in [5, 5.41) is 0. The van der Waals surface area contributed by atoms with Crippen molar-refractivity contribution in [1.29, 1.82) is 0 Å². The van der Waals surface area contributed by atoms with E-state index >= 15 is 0 Å². The summed E-state index contributed by atoms with van der Waals surface area (Å²) < 4.78 is 38.7. The van der Waals surface area contributed by atoms with Crippen LogP contribution < -0.4 is 4.74 Å². The number of esters is 1. The van der Waals surface area contributed by atoms with E-state index in [1.165, 1.54) is 17.5 Å². The van der Waals surface area contributed by atoms with E-state index in [9.17, 15) is 13.2 Å². The number of rotatable bonds is 5. The van der Waals surface area contributed by atoms with Gasteiger partial charge in [0.25, 0.3) is 0 Å². The van der Waals surface area contributed by atoms with Crippen LogP contribution in [0.1, 0.15) is 33.1 Å².